The average molecular weight is 348 g/mol. The van der Waals surface area contributed by atoms with Gasteiger partial charge in [-0.2, -0.15) is 0 Å². The van der Waals surface area contributed by atoms with Gasteiger partial charge in [0.15, 0.2) is 0 Å². The summed E-state index contributed by atoms with van der Waals surface area (Å²) in [7, 11) is 0. The van der Waals surface area contributed by atoms with Gasteiger partial charge in [0, 0.05) is 24.0 Å². The summed E-state index contributed by atoms with van der Waals surface area (Å²) >= 11 is 0. The smallest absolute Gasteiger partial charge is 0.238 e. The van der Waals surface area contributed by atoms with E-state index in [9.17, 15) is 9.90 Å². The van der Waals surface area contributed by atoms with Crippen LogP contribution >= 0.6 is 0 Å². The van der Waals surface area contributed by atoms with Gasteiger partial charge in [-0.15, -0.1) is 0 Å². The Morgan fingerprint density at radius 1 is 1.24 bits per heavy atom. The van der Waals surface area contributed by atoms with Crippen LogP contribution < -0.4 is 10.2 Å². The Morgan fingerprint density at radius 2 is 1.84 bits per heavy atom. The summed E-state index contributed by atoms with van der Waals surface area (Å²) in [5.74, 6) is 0.397. The molecule has 0 radical (unpaired) electrons. The first kappa shape index (κ1) is 19.7. The van der Waals surface area contributed by atoms with Gasteiger partial charge in [0.1, 0.15) is 0 Å². The first-order valence-electron chi connectivity index (χ1n) is 9.47. The van der Waals surface area contributed by atoms with Crippen molar-refractivity contribution in [2.45, 2.75) is 52.7 Å². The lowest BCUT2D eigenvalue weighted by molar-refractivity contribution is -0.117. The maximum Gasteiger partial charge on any atom is 0.238 e. The van der Waals surface area contributed by atoms with E-state index in [0.717, 1.165) is 38.2 Å². The van der Waals surface area contributed by atoms with Crippen LogP contribution in [0.5, 0.6) is 0 Å². The van der Waals surface area contributed by atoms with Crippen LogP contribution in [0.2, 0.25) is 0 Å². The third-order valence-electron chi connectivity index (χ3n) is 5.13. The molecule has 0 bridgehead atoms. The first-order valence-corrected chi connectivity index (χ1v) is 9.47. The number of amides is 1. The van der Waals surface area contributed by atoms with Crippen molar-refractivity contribution < 1.29 is 9.90 Å². The SMILES string of the molecule is CCN(c1ccc(NC(=O)CN2CCC(C(C)O)CC2)cc1)C(C)C. The van der Waals surface area contributed by atoms with Crippen molar-refractivity contribution in [1.29, 1.82) is 0 Å². The molecule has 1 heterocycles. The predicted molar refractivity (Wildman–Crippen MR) is 104 cm³/mol. The topological polar surface area (TPSA) is 55.8 Å². The summed E-state index contributed by atoms with van der Waals surface area (Å²) in [5, 5.41) is 12.6. The molecule has 140 valence electrons. The van der Waals surface area contributed by atoms with Gasteiger partial charge in [0.05, 0.1) is 12.6 Å². The first-order chi connectivity index (χ1) is 11.9. The van der Waals surface area contributed by atoms with E-state index < -0.39 is 0 Å². The number of benzene rings is 1. The molecule has 0 saturated carbocycles. The lowest BCUT2D eigenvalue weighted by Gasteiger charge is -2.32. The number of hydrogen-bond acceptors (Lipinski definition) is 4. The Bertz CT molecular complexity index is 534. The Morgan fingerprint density at radius 3 is 2.32 bits per heavy atom. The Balaban J connectivity index is 1.83. The number of nitrogens with zero attached hydrogens (tertiary/aromatic N) is 2. The highest BCUT2D eigenvalue weighted by atomic mass is 16.3. The quantitative estimate of drug-likeness (QED) is 0.796. The molecule has 25 heavy (non-hydrogen) atoms. The van der Waals surface area contributed by atoms with Crippen molar-refractivity contribution in [1.82, 2.24) is 4.90 Å². The molecule has 1 atom stereocenters. The number of piperidine rings is 1. The fourth-order valence-electron chi connectivity index (χ4n) is 3.58. The van der Waals surface area contributed by atoms with Crippen LogP contribution in [0.25, 0.3) is 0 Å². The van der Waals surface area contributed by atoms with Crippen LogP contribution in [-0.2, 0) is 4.79 Å². The molecule has 5 heteroatoms. The lowest BCUT2D eigenvalue weighted by Crippen LogP contribution is -2.41. The monoisotopic (exact) mass is 347 g/mol. The van der Waals surface area contributed by atoms with E-state index in [1.807, 2.05) is 19.1 Å². The largest absolute Gasteiger partial charge is 0.393 e. The highest BCUT2D eigenvalue weighted by molar-refractivity contribution is 5.92. The van der Waals surface area contributed by atoms with E-state index in [1.54, 1.807) is 0 Å². The predicted octanol–water partition coefficient (Wildman–Crippen LogP) is 2.95. The van der Waals surface area contributed by atoms with E-state index in [4.69, 9.17) is 0 Å². The van der Waals surface area contributed by atoms with Crippen LogP contribution in [0.3, 0.4) is 0 Å². The molecule has 0 spiro atoms. The normalized spacial score (nSPS) is 17.5. The van der Waals surface area contributed by atoms with Crippen molar-refractivity contribution in [2.24, 2.45) is 5.92 Å². The minimum Gasteiger partial charge on any atom is -0.393 e. The van der Waals surface area contributed by atoms with Gasteiger partial charge in [-0.25, -0.2) is 0 Å². The highest BCUT2D eigenvalue weighted by Crippen LogP contribution is 2.21. The zero-order valence-corrected chi connectivity index (χ0v) is 16.0. The second-order valence-electron chi connectivity index (χ2n) is 7.33. The number of aliphatic hydroxyl groups is 1. The Hall–Kier alpha value is -1.59. The number of hydrogen-bond donors (Lipinski definition) is 2. The molecule has 1 aliphatic heterocycles. The minimum absolute atomic E-state index is 0.0273. The van der Waals surface area contributed by atoms with Crippen LogP contribution in [0.15, 0.2) is 24.3 Å². The van der Waals surface area contributed by atoms with Gasteiger partial charge in [0.2, 0.25) is 5.91 Å². The van der Waals surface area contributed by atoms with Crippen molar-refractivity contribution in [3.8, 4) is 0 Å². The van der Waals surface area contributed by atoms with Gasteiger partial charge >= 0.3 is 0 Å². The second kappa shape index (κ2) is 9.20. The van der Waals surface area contributed by atoms with Crippen LogP contribution in [0, 0.1) is 5.92 Å². The number of nitrogens with one attached hydrogen (secondary N) is 1. The minimum atomic E-state index is -0.247. The maximum absolute atomic E-state index is 12.3. The van der Waals surface area contributed by atoms with Gasteiger partial charge < -0.3 is 15.3 Å². The summed E-state index contributed by atoms with van der Waals surface area (Å²) in [4.78, 5) is 16.8. The van der Waals surface area contributed by atoms with Crippen molar-refractivity contribution in [2.75, 3.05) is 36.4 Å². The van der Waals surface area contributed by atoms with Crippen LogP contribution in [0.4, 0.5) is 11.4 Å². The summed E-state index contributed by atoms with van der Waals surface area (Å²) < 4.78 is 0. The fraction of sp³-hybridized carbons (Fsp3) is 0.650. The lowest BCUT2D eigenvalue weighted by atomic mass is 9.92. The standard InChI is InChI=1S/C20H33N3O2/c1-5-23(15(2)3)19-8-6-18(7-9-19)21-20(25)14-22-12-10-17(11-13-22)16(4)24/h6-9,15-17,24H,5,10-14H2,1-4H3,(H,21,25). The molecule has 0 aliphatic carbocycles. The number of aliphatic hydroxyl groups excluding tert-OH is 1. The molecule has 1 saturated heterocycles. The third-order valence-corrected chi connectivity index (χ3v) is 5.13. The van der Waals surface area contributed by atoms with Crippen molar-refractivity contribution in [3.63, 3.8) is 0 Å². The summed E-state index contributed by atoms with van der Waals surface area (Å²) in [5.41, 5.74) is 2.02. The van der Waals surface area contributed by atoms with E-state index in [-0.39, 0.29) is 12.0 Å². The number of anilines is 2. The zero-order chi connectivity index (χ0) is 18.4. The molecule has 1 amide bonds. The molecule has 1 aliphatic rings. The van der Waals surface area contributed by atoms with Crippen molar-refractivity contribution in [3.05, 3.63) is 24.3 Å². The molecule has 1 unspecified atom stereocenters. The zero-order valence-electron chi connectivity index (χ0n) is 16.0. The molecule has 2 rings (SSSR count). The fourth-order valence-corrected chi connectivity index (χ4v) is 3.58. The molecule has 0 aromatic heterocycles. The number of rotatable bonds is 7. The Labute approximate surface area is 152 Å². The summed E-state index contributed by atoms with van der Waals surface area (Å²) in [6.45, 7) is 11.5. The maximum atomic E-state index is 12.3. The molecule has 1 aromatic carbocycles. The summed E-state index contributed by atoms with van der Waals surface area (Å²) in [6.07, 6.45) is 1.67. The highest BCUT2D eigenvalue weighted by Gasteiger charge is 2.23. The van der Waals surface area contributed by atoms with Gasteiger partial charge in [-0.1, -0.05) is 0 Å². The summed E-state index contributed by atoms with van der Waals surface area (Å²) in [6, 6.07) is 8.52. The van der Waals surface area contributed by atoms with E-state index in [0.29, 0.717) is 18.5 Å². The number of likely N-dealkylation sites (tertiary alicyclic amines) is 1. The molecule has 1 fully saturated rings. The van der Waals surface area contributed by atoms with E-state index in [2.05, 4.69) is 48.0 Å². The third kappa shape index (κ3) is 5.72. The van der Waals surface area contributed by atoms with Crippen molar-refractivity contribution >= 4 is 17.3 Å². The molecule has 1 aromatic rings. The molecular weight excluding hydrogens is 314 g/mol. The van der Waals surface area contributed by atoms with Gasteiger partial charge in [-0.05, 0) is 83.8 Å². The van der Waals surface area contributed by atoms with Crippen LogP contribution in [0.1, 0.15) is 40.5 Å². The van der Waals surface area contributed by atoms with E-state index in [1.165, 1.54) is 5.69 Å². The van der Waals surface area contributed by atoms with Crippen LogP contribution in [-0.4, -0.2) is 54.2 Å². The van der Waals surface area contributed by atoms with Gasteiger partial charge in [0.25, 0.3) is 0 Å². The van der Waals surface area contributed by atoms with E-state index >= 15 is 0 Å². The number of carbonyl (C=O) groups is 1. The second-order valence-corrected chi connectivity index (χ2v) is 7.33. The molecular formula is C20H33N3O2. The molecule has 5 nitrogen and oxygen atoms in total. The Kier molecular flexibility index (Phi) is 7.26. The molecule has 2 N–H and O–H groups in total. The average Bonchev–Trinajstić information content (AvgIpc) is 2.57. The number of carbonyl (C=O) groups excluding carboxylic acids is 1. The van der Waals surface area contributed by atoms with Gasteiger partial charge in [-0.3, -0.25) is 9.69 Å².